The number of fused-ring (bicyclic) bond motifs is 1. The van der Waals surface area contributed by atoms with Crippen molar-refractivity contribution in [2.24, 2.45) is 0 Å². The lowest BCUT2D eigenvalue weighted by atomic mass is 9.95. The molecule has 1 aliphatic rings. The molecule has 3 aromatic rings. The van der Waals surface area contributed by atoms with Crippen molar-refractivity contribution >= 4 is 35.3 Å². The summed E-state index contributed by atoms with van der Waals surface area (Å²) in [6.07, 6.45) is 0.607. The highest BCUT2D eigenvalue weighted by Gasteiger charge is 2.36. The molecule has 1 aliphatic heterocycles. The van der Waals surface area contributed by atoms with Gasteiger partial charge in [-0.1, -0.05) is 54.6 Å². The zero-order chi connectivity index (χ0) is 26.5. The van der Waals surface area contributed by atoms with Crippen LogP contribution in [0.1, 0.15) is 51.3 Å². The van der Waals surface area contributed by atoms with Crippen LogP contribution in [0.5, 0.6) is 11.5 Å². The Labute approximate surface area is 226 Å². The molecular formula is C27H31ClN4O4S. The number of halogens is 1. The summed E-state index contributed by atoms with van der Waals surface area (Å²) in [5, 5.41) is 9.27. The number of hydrogen-bond acceptors (Lipinski definition) is 8. The molecule has 0 fully saturated rings. The van der Waals surface area contributed by atoms with Crippen LogP contribution in [0, 0.1) is 0 Å². The number of carbonyl (C=O) groups excluding carboxylic acids is 1. The Bertz CT molecular complexity index is 1310. The fraction of sp³-hybridized carbons (Fsp3) is 0.370. The van der Waals surface area contributed by atoms with E-state index in [0.29, 0.717) is 51.3 Å². The van der Waals surface area contributed by atoms with E-state index in [1.54, 1.807) is 11.8 Å². The van der Waals surface area contributed by atoms with Crippen LogP contribution in [-0.2, 0) is 15.3 Å². The van der Waals surface area contributed by atoms with E-state index in [-0.39, 0.29) is 6.10 Å². The zero-order valence-corrected chi connectivity index (χ0v) is 23.2. The molecule has 0 amide bonds. The van der Waals surface area contributed by atoms with E-state index >= 15 is 0 Å². The molecule has 2 aromatic carbocycles. The van der Waals surface area contributed by atoms with Crippen molar-refractivity contribution in [3.8, 4) is 11.5 Å². The minimum absolute atomic E-state index is 0.272. The minimum Gasteiger partial charge on any atom is -0.493 e. The standard InChI is InChI=1S/C27H31ClN4O4S/c1-6-13-35-21-12-11-18(14-22(21)34-5)24-23(25(33)36-16(2)3)17(4)29-26-30-27(31-32(24)26)37-15-19-9-7-8-10-20(19)28/h7-12,14,16,24H,6,13,15H2,1-5H3,(H,29,30,31). The van der Waals surface area contributed by atoms with Crippen LogP contribution >= 0.6 is 23.4 Å². The third kappa shape index (κ3) is 6.05. The normalized spacial score (nSPS) is 14.8. The molecule has 10 heteroatoms. The molecule has 0 aliphatic carbocycles. The van der Waals surface area contributed by atoms with Crippen molar-refractivity contribution in [3.05, 3.63) is 69.9 Å². The Balaban J connectivity index is 1.73. The van der Waals surface area contributed by atoms with E-state index in [0.717, 1.165) is 17.5 Å². The second-order valence-corrected chi connectivity index (χ2v) is 10.2. The lowest BCUT2D eigenvalue weighted by molar-refractivity contribution is -0.143. The molecule has 1 N–H and O–H groups in total. The Hall–Kier alpha value is -3.17. The molecule has 1 unspecified atom stereocenters. The number of anilines is 1. The van der Waals surface area contributed by atoms with Gasteiger partial charge in [0.05, 0.1) is 25.4 Å². The summed E-state index contributed by atoms with van der Waals surface area (Å²) in [6, 6.07) is 12.8. The third-order valence-electron chi connectivity index (χ3n) is 5.68. The molecule has 0 saturated carbocycles. The van der Waals surface area contributed by atoms with Crippen LogP contribution in [0.15, 0.2) is 58.9 Å². The number of thioether (sulfide) groups is 1. The first-order valence-corrected chi connectivity index (χ1v) is 13.5. The van der Waals surface area contributed by atoms with Crippen LogP contribution in [0.25, 0.3) is 0 Å². The van der Waals surface area contributed by atoms with Gasteiger partial charge in [0, 0.05) is 16.5 Å². The van der Waals surface area contributed by atoms with Crippen molar-refractivity contribution in [3.63, 3.8) is 0 Å². The summed E-state index contributed by atoms with van der Waals surface area (Å²) in [4.78, 5) is 18.0. The number of hydrogen-bond donors (Lipinski definition) is 1. The number of benzene rings is 2. The van der Waals surface area contributed by atoms with E-state index in [1.807, 2.05) is 70.2 Å². The molecule has 196 valence electrons. The number of methoxy groups -OCH3 is 1. The van der Waals surface area contributed by atoms with Gasteiger partial charge in [-0.3, -0.25) is 0 Å². The number of nitrogens with zero attached hydrogens (tertiary/aromatic N) is 3. The van der Waals surface area contributed by atoms with Gasteiger partial charge in [-0.2, -0.15) is 4.98 Å². The average molecular weight is 543 g/mol. The predicted molar refractivity (Wildman–Crippen MR) is 146 cm³/mol. The predicted octanol–water partition coefficient (Wildman–Crippen LogP) is 6.26. The van der Waals surface area contributed by atoms with E-state index in [1.165, 1.54) is 11.8 Å². The monoisotopic (exact) mass is 542 g/mol. The maximum Gasteiger partial charge on any atom is 0.338 e. The summed E-state index contributed by atoms with van der Waals surface area (Å²) in [5.41, 5.74) is 2.90. The maximum absolute atomic E-state index is 13.3. The van der Waals surface area contributed by atoms with Gasteiger partial charge < -0.3 is 19.5 Å². The highest BCUT2D eigenvalue weighted by atomic mass is 35.5. The number of rotatable bonds is 10. The fourth-order valence-electron chi connectivity index (χ4n) is 3.99. The molecule has 4 rings (SSSR count). The Kier molecular flexibility index (Phi) is 8.66. The highest BCUT2D eigenvalue weighted by Crippen LogP contribution is 2.40. The summed E-state index contributed by atoms with van der Waals surface area (Å²) in [6.45, 7) is 8.12. The molecule has 0 spiro atoms. The summed E-state index contributed by atoms with van der Waals surface area (Å²) in [7, 11) is 1.60. The van der Waals surface area contributed by atoms with E-state index in [2.05, 4.69) is 5.32 Å². The van der Waals surface area contributed by atoms with Gasteiger partial charge in [0.25, 0.3) is 0 Å². The first-order valence-electron chi connectivity index (χ1n) is 12.1. The first-order chi connectivity index (χ1) is 17.8. The largest absolute Gasteiger partial charge is 0.493 e. The third-order valence-corrected chi connectivity index (χ3v) is 6.93. The van der Waals surface area contributed by atoms with Crippen LogP contribution in [0.4, 0.5) is 5.95 Å². The van der Waals surface area contributed by atoms with Crippen molar-refractivity contribution in [1.29, 1.82) is 0 Å². The van der Waals surface area contributed by atoms with Gasteiger partial charge in [0.2, 0.25) is 11.1 Å². The summed E-state index contributed by atoms with van der Waals surface area (Å²) in [5.74, 6) is 1.95. The number of nitrogens with one attached hydrogen (secondary N) is 1. The van der Waals surface area contributed by atoms with Crippen molar-refractivity contribution < 1.29 is 19.0 Å². The van der Waals surface area contributed by atoms with E-state index in [4.69, 9.17) is 35.9 Å². The fourth-order valence-corrected chi connectivity index (χ4v) is 5.10. The first kappa shape index (κ1) is 26.9. The SMILES string of the molecule is CCCOc1ccc(C2C(C(=O)OC(C)C)=C(C)Nc3nc(SCc4ccccc4Cl)nn32)cc1OC. The average Bonchev–Trinajstić information content (AvgIpc) is 3.27. The van der Waals surface area contributed by atoms with Crippen LogP contribution in [-0.4, -0.2) is 40.6 Å². The quantitative estimate of drug-likeness (QED) is 0.237. The van der Waals surface area contributed by atoms with Gasteiger partial charge in [-0.05, 0) is 56.5 Å². The Morgan fingerprint density at radius 2 is 2.00 bits per heavy atom. The molecule has 1 atom stereocenters. The molecule has 2 heterocycles. The number of esters is 1. The molecule has 1 aromatic heterocycles. The van der Waals surface area contributed by atoms with Crippen molar-refractivity contribution in [1.82, 2.24) is 14.8 Å². The number of allylic oxidation sites excluding steroid dienone is 1. The summed E-state index contributed by atoms with van der Waals surface area (Å²) < 4.78 is 18.8. The molecular weight excluding hydrogens is 512 g/mol. The van der Waals surface area contributed by atoms with Gasteiger partial charge in [-0.25, -0.2) is 9.48 Å². The Morgan fingerprint density at radius 1 is 1.22 bits per heavy atom. The van der Waals surface area contributed by atoms with Gasteiger partial charge in [0.1, 0.15) is 6.04 Å². The van der Waals surface area contributed by atoms with Crippen LogP contribution < -0.4 is 14.8 Å². The highest BCUT2D eigenvalue weighted by molar-refractivity contribution is 7.98. The lowest BCUT2D eigenvalue weighted by Crippen LogP contribution is -2.30. The zero-order valence-electron chi connectivity index (χ0n) is 21.6. The molecule has 8 nitrogen and oxygen atoms in total. The van der Waals surface area contributed by atoms with E-state index in [9.17, 15) is 4.79 Å². The maximum atomic E-state index is 13.3. The summed E-state index contributed by atoms with van der Waals surface area (Å²) >= 11 is 7.80. The van der Waals surface area contributed by atoms with Crippen molar-refractivity contribution in [2.45, 2.75) is 57.2 Å². The van der Waals surface area contributed by atoms with Gasteiger partial charge in [-0.15, -0.1) is 5.10 Å². The molecule has 0 saturated heterocycles. The second kappa shape index (κ2) is 11.9. The lowest BCUT2D eigenvalue weighted by Gasteiger charge is -2.29. The van der Waals surface area contributed by atoms with Gasteiger partial charge in [0.15, 0.2) is 11.5 Å². The van der Waals surface area contributed by atoms with Crippen LogP contribution in [0.2, 0.25) is 5.02 Å². The smallest absolute Gasteiger partial charge is 0.338 e. The Morgan fingerprint density at radius 3 is 2.70 bits per heavy atom. The number of ether oxygens (including phenoxy) is 3. The molecule has 37 heavy (non-hydrogen) atoms. The molecule has 0 radical (unpaired) electrons. The van der Waals surface area contributed by atoms with E-state index < -0.39 is 12.0 Å². The van der Waals surface area contributed by atoms with Crippen molar-refractivity contribution in [2.75, 3.05) is 19.0 Å². The number of carbonyl (C=O) groups is 1. The second-order valence-electron chi connectivity index (χ2n) is 8.82. The molecule has 0 bridgehead atoms. The minimum atomic E-state index is -0.571. The topological polar surface area (TPSA) is 87.5 Å². The van der Waals surface area contributed by atoms with Gasteiger partial charge >= 0.3 is 5.97 Å². The van der Waals surface area contributed by atoms with Crippen LogP contribution in [0.3, 0.4) is 0 Å². The number of aromatic nitrogens is 3.